The third kappa shape index (κ3) is 6.52. The molecule has 45 heavy (non-hydrogen) atoms. The van der Waals surface area contributed by atoms with Crippen molar-refractivity contribution in [3.05, 3.63) is 95.5 Å². The average molecular weight is 626 g/mol. The van der Waals surface area contributed by atoms with E-state index in [9.17, 15) is 24.0 Å². The van der Waals surface area contributed by atoms with E-state index in [0.29, 0.717) is 36.6 Å². The number of fused-ring (bicyclic) bond motifs is 2. The molecule has 2 aromatic carbocycles. The van der Waals surface area contributed by atoms with Gasteiger partial charge in [0.05, 0.1) is 17.2 Å². The van der Waals surface area contributed by atoms with E-state index >= 15 is 0 Å². The molecule has 2 aliphatic rings. The molecule has 4 heterocycles. The number of piperidine rings is 1. The monoisotopic (exact) mass is 625 g/mol. The number of amides is 5. The summed E-state index contributed by atoms with van der Waals surface area (Å²) < 4.78 is 6.11. The van der Waals surface area contributed by atoms with Crippen LogP contribution in [0.1, 0.15) is 63.8 Å². The lowest BCUT2D eigenvalue weighted by atomic mass is 10.0. The molecule has 2 aromatic heterocycles. The maximum Gasteiger partial charge on any atom is 0.263 e. The van der Waals surface area contributed by atoms with Crippen molar-refractivity contribution in [1.82, 2.24) is 25.8 Å². The van der Waals surface area contributed by atoms with Crippen LogP contribution in [-0.4, -0.2) is 64.3 Å². The van der Waals surface area contributed by atoms with Gasteiger partial charge in [0, 0.05) is 47.8 Å². The molecule has 3 N–H and O–H groups in total. The standard InChI is InChI=1S/C33H31N5O6S/c39-27(11-5-15-36-30(21-7-4-14-34-19-21)25-18-20-6-1-2-9-24(20)44-25)35-16-17-45-26-10-3-8-22-29(26)33(43)38(32(22)42)23-12-13-28(40)37-31(23)41/h1-4,6-10,14,18-19,23,30,36H,5,11-13,15-17H2,(H,35,39)(H,37,40,41). The number of furan rings is 1. The zero-order valence-corrected chi connectivity index (χ0v) is 25.1. The lowest BCUT2D eigenvalue weighted by Crippen LogP contribution is -2.54. The molecular formula is C33H31N5O6S. The van der Waals surface area contributed by atoms with Gasteiger partial charge in [0.2, 0.25) is 17.7 Å². The number of thioether (sulfide) groups is 1. The predicted molar refractivity (Wildman–Crippen MR) is 166 cm³/mol. The summed E-state index contributed by atoms with van der Waals surface area (Å²) >= 11 is 1.35. The van der Waals surface area contributed by atoms with Crippen molar-refractivity contribution in [3.8, 4) is 0 Å². The van der Waals surface area contributed by atoms with Gasteiger partial charge in [0.25, 0.3) is 11.8 Å². The first-order valence-corrected chi connectivity index (χ1v) is 15.7. The Kier molecular flexibility index (Phi) is 9.03. The van der Waals surface area contributed by atoms with E-state index in [1.165, 1.54) is 11.8 Å². The number of hydrogen-bond acceptors (Lipinski definition) is 9. The van der Waals surface area contributed by atoms with E-state index in [2.05, 4.69) is 20.9 Å². The Labute approximate surface area is 263 Å². The quantitative estimate of drug-likeness (QED) is 0.122. The van der Waals surface area contributed by atoms with Crippen molar-refractivity contribution in [1.29, 1.82) is 0 Å². The molecule has 0 saturated carbocycles. The van der Waals surface area contributed by atoms with Gasteiger partial charge in [0.1, 0.15) is 17.4 Å². The molecule has 1 fully saturated rings. The van der Waals surface area contributed by atoms with E-state index in [-0.39, 0.29) is 35.9 Å². The Hall–Kier alpha value is -4.81. The number of carbonyl (C=O) groups is 5. The summed E-state index contributed by atoms with van der Waals surface area (Å²) in [5.41, 5.74) is 2.26. The van der Waals surface area contributed by atoms with Crippen LogP contribution in [0.5, 0.6) is 0 Å². The lowest BCUT2D eigenvalue weighted by Gasteiger charge is -2.27. The van der Waals surface area contributed by atoms with Crippen LogP contribution < -0.4 is 16.0 Å². The van der Waals surface area contributed by atoms with E-state index in [1.807, 2.05) is 42.5 Å². The van der Waals surface area contributed by atoms with Gasteiger partial charge in [-0.2, -0.15) is 0 Å². The highest BCUT2D eigenvalue weighted by Crippen LogP contribution is 2.34. The molecule has 230 valence electrons. The number of rotatable bonds is 12. The molecule has 0 spiro atoms. The van der Waals surface area contributed by atoms with Crippen LogP contribution >= 0.6 is 11.8 Å². The third-order valence-electron chi connectivity index (χ3n) is 7.79. The van der Waals surface area contributed by atoms with Gasteiger partial charge in [-0.05, 0) is 55.3 Å². The van der Waals surface area contributed by atoms with Crippen molar-refractivity contribution in [2.45, 2.75) is 42.7 Å². The first-order valence-electron chi connectivity index (χ1n) is 14.8. The zero-order valence-electron chi connectivity index (χ0n) is 24.3. The summed E-state index contributed by atoms with van der Waals surface area (Å²) in [4.78, 5) is 68.6. The van der Waals surface area contributed by atoms with Crippen LogP contribution in [0.2, 0.25) is 0 Å². The second-order valence-corrected chi connectivity index (χ2v) is 11.9. The van der Waals surface area contributed by atoms with E-state index in [0.717, 1.165) is 27.2 Å². The highest BCUT2D eigenvalue weighted by atomic mass is 32.2. The minimum Gasteiger partial charge on any atom is -0.459 e. The smallest absolute Gasteiger partial charge is 0.263 e. The fourth-order valence-electron chi connectivity index (χ4n) is 5.61. The Morgan fingerprint density at radius 2 is 1.91 bits per heavy atom. The highest BCUT2D eigenvalue weighted by molar-refractivity contribution is 7.99. The zero-order chi connectivity index (χ0) is 31.3. The van der Waals surface area contributed by atoms with Crippen molar-refractivity contribution in [2.75, 3.05) is 18.8 Å². The second-order valence-electron chi connectivity index (χ2n) is 10.8. The number of imide groups is 2. The molecule has 11 nitrogen and oxygen atoms in total. The third-order valence-corrected chi connectivity index (χ3v) is 8.85. The van der Waals surface area contributed by atoms with E-state index < -0.39 is 29.7 Å². The SMILES string of the molecule is O=C(CCCNC(c1cccnc1)c1cc2ccccc2o1)NCCSc1cccc2c1C(=O)N(C1CCC(=O)NC1=O)C2=O. The summed E-state index contributed by atoms with van der Waals surface area (Å²) in [6.07, 6.45) is 4.62. The molecule has 2 atom stereocenters. The molecular weight excluding hydrogens is 594 g/mol. The van der Waals surface area contributed by atoms with Gasteiger partial charge < -0.3 is 15.1 Å². The Balaban J connectivity index is 0.981. The Morgan fingerprint density at radius 3 is 2.71 bits per heavy atom. The summed E-state index contributed by atoms with van der Waals surface area (Å²) in [5.74, 6) is -0.980. The van der Waals surface area contributed by atoms with E-state index in [4.69, 9.17) is 4.42 Å². The number of nitrogens with zero attached hydrogens (tertiary/aromatic N) is 2. The van der Waals surface area contributed by atoms with Crippen LogP contribution in [0.15, 0.2) is 82.4 Å². The van der Waals surface area contributed by atoms with Gasteiger partial charge in [-0.3, -0.25) is 39.2 Å². The molecule has 2 aliphatic heterocycles. The molecule has 4 aromatic rings. The fourth-order valence-corrected chi connectivity index (χ4v) is 6.55. The molecule has 0 radical (unpaired) electrons. The van der Waals surface area contributed by atoms with Crippen LogP contribution in [0.25, 0.3) is 11.0 Å². The van der Waals surface area contributed by atoms with Crippen LogP contribution in [0.4, 0.5) is 0 Å². The van der Waals surface area contributed by atoms with E-state index in [1.54, 1.807) is 30.6 Å². The summed E-state index contributed by atoms with van der Waals surface area (Å²) in [7, 11) is 0. The molecule has 6 rings (SSSR count). The predicted octanol–water partition coefficient (Wildman–Crippen LogP) is 3.60. The lowest BCUT2D eigenvalue weighted by molar-refractivity contribution is -0.136. The molecule has 5 amide bonds. The maximum absolute atomic E-state index is 13.3. The minimum atomic E-state index is -1.01. The average Bonchev–Trinajstić information content (AvgIpc) is 3.58. The molecule has 1 saturated heterocycles. The van der Waals surface area contributed by atoms with Crippen molar-refractivity contribution >= 4 is 52.3 Å². The largest absolute Gasteiger partial charge is 0.459 e. The second kappa shape index (κ2) is 13.4. The van der Waals surface area contributed by atoms with Crippen molar-refractivity contribution < 1.29 is 28.4 Å². The Morgan fingerprint density at radius 1 is 1.04 bits per heavy atom. The molecule has 12 heteroatoms. The van der Waals surface area contributed by atoms with Gasteiger partial charge in [-0.25, -0.2) is 0 Å². The van der Waals surface area contributed by atoms with Gasteiger partial charge in [0.15, 0.2) is 0 Å². The van der Waals surface area contributed by atoms with Crippen molar-refractivity contribution in [3.63, 3.8) is 0 Å². The number of para-hydroxylation sites is 1. The van der Waals surface area contributed by atoms with Gasteiger partial charge in [-0.15, -0.1) is 11.8 Å². The van der Waals surface area contributed by atoms with Gasteiger partial charge in [-0.1, -0.05) is 30.3 Å². The van der Waals surface area contributed by atoms with Gasteiger partial charge >= 0.3 is 0 Å². The molecule has 2 unspecified atom stereocenters. The summed E-state index contributed by atoms with van der Waals surface area (Å²) in [6, 6.07) is 17.5. The molecule has 0 aliphatic carbocycles. The first kappa shape index (κ1) is 30.2. The summed E-state index contributed by atoms with van der Waals surface area (Å²) in [6.45, 7) is 0.950. The number of aromatic nitrogens is 1. The normalized spacial score (nSPS) is 17.0. The number of nitrogens with one attached hydrogen (secondary N) is 3. The van der Waals surface area contributed by atoms with Crippen LogP contribution in [0.3, 0.4) is 0 Å². The number of hydrogen-bond donors (Lipinski definition) is 3. The topological polar surface area (TPSA) is 151 Å². The van der Waals surface area contributed by atoms with Crippen LogP contribution in [0, 0.1) is 0 Å². The molecule has 0 bridgehead atoms. The van der Waals surface area contributed by atoms with Crippen molar-refractivity contribution in [2.24, 2.45) is 0 Å². The highest BCUT2D eigenvalue weighted by Gasteiger charge is 2.45. The first-order chi connectivity index (χ1) is 21.9. The maximum atomic E-state index is 13.3. The minimum absolute atomic E-state index is 0.0631. The van der Waals surface area contributed by atoms with Crippen LogP contribution in [-0.2, 0) is 14.4 Å². The summed E-state index contributed by atoms with van der Waals surface area (Å²) in [5, 5.41) is 9.64. The Bertz CT molecular complexity index is 1740. The number of benzene rings is 2. The number of pyridine rings is 1. The number of carbonyl (C=O) groups excluding carboxylic acids is 5. The fraction of sp³-hybridized carbons (Fsp3) is 0.273.